The first-order chi connectivity index (χ1) is 20.3. The molecule has 4 atom stereocenters. The first kappa shape index (κ1) is 36.3. The molecule has 1 aromatic carbocycles. The zero-order valence-electron chi connectivity index (χ0n) is 27.5. The van der Waals surface area contributed by atoms with E-state index in [9.17, 15) is 19.5 Å². The van der Waals surface area contributed by atoms with Crippen LogP contribution < -0.4 is 15.4 Å². The van der Waals surface area contributed by atoms with Gasteiger partial charge < -0.3 is 39.9 Å². The van der Waals surface area contributed by atoms with Crippen molar-refractivity contribution in [3.05, 3.63) is 23.8 Å². The second-order valence-electron chi connectivity index (χ2n) is 12.5. The Labute approximate surface area is 258 Å². The number of nitrogens with zero attached hydrogens (tertiary/aromatic N) is 3. The number of hydrogen-bond donors (Lipinski definition) is 3. The van der Waals surface area contributed by atoms with Crippen molar-refractivity contribution >= 4 is 23.5 Å². The number of aliphatic hydroxyl groups is 1. The van der Waals surface area contributed by atoms with Crippen molar-refractivity contribution in [2.45, 2.75) is 91.0 Å². The van der Waals surface area contributed by atoms with Crippen molar-refractivity contribution in [2.75, 3.05) is 59.3 Å². The first-order valence-electron chi connectivity index (χ1n) is 15.6. The molecule has 11 nitrogen and oxygen atoms in total. The fraction of sp³-hybridized carbons (Fsp3) is 0.719. The molecule has 0 bridgehead atoms. The highest BCUT2D eigenvalue weighted by molar-refractivity contribution is 5.99. The van der Waals surface area contributed by atoms with Gasteiger partial charge in [0.05, 0.1) is 30.4 Å². The van der Waals surface area contributed by atoms with E-state index in [0.29, 0.717) is 43.1 Å². The van der Waals surface area contributed by atoms with Crippen LogP contribution in [0.25, 0.3) is 0 Å². The number of likely N-dealkylation sites (N-methyl/N-ethyl adjacent to an activating group) is 1. The van der Waals surface area contributed by atoms with Gasteiger partial charge in [0.2, 0.25) is 5.91 Å². The number of hydrogen-bond acceptors (Lipinski definition) is 7. The maximum Gasteiger partial charge on any atom is 0.317 e. The number of amides is 4. The molecule has 0 fully saturated rings. The number of urea groups is 1. The number of benzene rings is 1. The van der Waals surface area contributed by atoms with E-state index in [2.05, 4.69) is 10.6 Å². The molecule has 0 aliphatic carbocycles. The average molecular weight is 606 g/mol. The Morgan fingerprint density at radius 3 is 2.51 bits per heavy atom. The number of carbonyl (C=O) groups excluding carboxylic acids is 3. The fourth-order valence-electron chi connectivity index (χ4n) is 4.95. The van der Waals surface area contributed by atoms with Crippen molar-refractivity contribution in [3.63, 3.8) is 0 Å². The Morgan fingerprint density at radius 1 is 1.14 bits per heavy atom. The number of anilines is 1. The fourth-order valence-corrected chi connectivity index (χ4v) is 4.95. The molecule has 0 saturated carbocycles. The lowest BCUT2D eigenvalue weighted by Gasteiger charge is -2.36. The maximum absolute atomic E-state index is 14.2. The third-order valence-electron chi connectivity index (χ3n) is 7.56. The summed E-state index contributed by atoms with van der Waals surface area (Å²) in [5, 5.41) is 16.0. The molecule has 3 N–H and O–H groups in total. The third kappa shape index (κ3) is 12.3. The summed E-state index contributed by atoms with van der Waals surface area (Å²) < 4.78 is 12.6. The van der Waals surface area contributed by atoms with E-state index in [1.165, 1.54) is 0 Å². The molecule has 1 aliphatic rings. The molecule has 2 rings (SSSR count). The smallest absolute Gasteiger partial charge is 0.317 e. The van der Waals surface area contributed by atoms with Crippen LogP contribution in [0.5, 0.6) is 5.75 Å². The molecular weight excluding hydrogens is 550 g/mol. The summed E-state index contributed by atoms with van der Waals surface area (Å²) >= 11 is 0. The van der Waals surface area contributed by atoms with Crippen LogP contribution in [0.1, 0.15) is 77.1 Å². The summed E-state index contributed by atoms with van der Waals surface area (Å²) in [7, 11) is 5.67. The summed E-state index contributed by atoms with van der Waals surface area (Å²) in [5.74, 6) is -0.135. The summed E-state index contributed by atoms with van der Waals surface area (Å²) in [4.78, 5) is 44.8. The van der Waals surface area contributed by atoms with Crippen molar-refractivity contribution in [1.29, 1.82) is 0 Å². The molecule has 1 aliphatic heterocycles. The topological polar surface area (TPSA) is 124 Å². The van der Waals surface area contributed by atoms with E-state index in [1.54, 1.807) is 42.0 Å². The molecule has 0 radical (unpaired) electrons. The number of nitrogens with one attached hydrogen (secondary N) is 2. The molecule has 11 heteroatoms. The van der Waals surface area contributed by atoms with Crippen LogP contribution >= 0.6 is 0 Å². The second kappa shape index (κ2) is 18.0. The van der Waals surface area contributed by atoms with Gasteiger partial charge in [-0.05, 0) is 92.2 Å². The minimum Gasteiger partial charge on any atom is -0.490 e. The summed E-state index contributed by atoms with van der Waals surface area (Å²) in [5.41, 5.74) is 0.844. The maximum atomic E-state index is 14.2. The highest BCUT2D eigenvalue weighted by atomic mass is 16.5. The van der Waals surface area contributed by atoms with Gasteiger partial charge in [-0.2, -0.15) is 0 Å². The third-order valence-corrected chi connectivity index (χ3v) is 7.56. The van der Waals surface area contributed by atoms with Gasteiger partial charge in [0, 0.05) is 50.8 Å². The second-order valence-corrected chi connectivity index (χ2v) is 12.5. The van der Waals surface area contributed by atoms with E-state index in [-0.39, 0.29) is 48.6 Å². The van der Waals surface area contributed by atoms with Crippen LogP contribution in [0.3, 0.4) is 0 Å². The number of rotatable bonds is 10. The predicted molar refractivity (Wildman–Crippen MR) is 170 cm³/mol. The minimum absolute atomic E-state index is 0.00722. The summed E-state index contributed by atoms with van der Waals surface area (Å²) in [6.45, 7) is 11.3. The summed E-state index contributed by atoms with van der Waals surface area (Å²) in [6.07, 6.45) is 3.10. The molecular formula is C32H55N5O6. The van der Waals surface area contributed by atoms with Gasteiger partial charge in [-0.3, -0.25) is 9.59 Å². The van der Waals surface area contributed by atoms with E-state index >= 15 is 0 Å². The number of aliphatic hydroxyl groups excluding tert-OH is 1. The number of carbonyl (C=O) groups is 3. The Hall–Kier alpha value is -2.89. The zero-order chi connectivity index (χ0) is 32.1. The van der Waals surface area contributed by atoms with Crippen LogP contribution in [0.15, 0.2) is 18.2 Å². The van der Waals surface area contributed by atoms with Crippen molar-refractivity contribution < 1.29 is 29.0 Å². The Bertz CT molecular complexity index is 1040. The molecule has 43 heavy (non-hydrogen) atoms. The van der Waals surface area contributed by atoms with Gasteiger partial charge in [0.15, 0.2) is 0 Å². The quantitative estimate of drug-likeness (QED) is 0.371. The lowest BCUT2D eigenvalue weighted by molar-refractivity contribution is -0.116. The molecule has 244 valence electrons. The van der Waals surface area contributed by atoms with Gasteiger partial charge in [0.1, 0.15) is 5.75 Å². The molecule has 4 amide bonds. The molecule has 0 spiro atoms. The lowest BCUT2D eigenvalue weighted by atomic mass is 10.0. The van der Waals surface area contributed by atoms with Crippen LogP contribution in [-0.2, 0) is 9.53 Å². The molecule has 0 aromatic heterocycles. The zero-order valence-corrected chi connectivity index (χ0v) is 27.5. The van der Waals surface area contributed by atoms with Crippen molar-refractivity contribution in [1.82, 2.24) is 20.0 Å². The van der Waals surface area contributed by atoms with Gasteiger partial charge in [-0.15, -0.1) is 0 Å². The Balaban J connectivity index is 2.39. The van der Waals surface area contributed by atoms with Crippen LogP contribution in [0, 0.1) is 5.92 Å². The van der Waals surface area contributed by atoms with Gasteiger partial charge in [0.25, 0.3) is 5.91 Å². The first-order valence-corrected chi connectivity index (χ1v) is 15.6. The van der Waals surface area contributed by atoms with Crippen molar-refractivity contribution in [2.24, 2.45) is 5.92 Å². The Morgan fingerprint density at radius 2 is 1.86 bits per heavy atom. The average Bonchev–Trinajstić information content (AvgIpc) is 2.93. The number of fused-ring (bicyclic) bond motifs is 1. The highest BCUT2D eigenvalue weighted by Gasteiger charge is 2.31. The Kier molecular flexibility index (Phi) is 15.2. The predicted octanol–water partition coefficient (Wildman–Crippen LogP) is 3.81. The lowest BCUT2D eigenvalue weighted by Crippen LogP contribution is -2.49. The van der Waals surface area contributed by atoms with E-state index in [4.69, 9.17) is 9.47 Å². The van der Waals surface area contributed by atoms with Crippen LogP contribution in [0.4, 0.5) is 10.5 Å². The van der Waals surface area contributed by atoms with Crippen LogP contribution in [0.2, 0.25) is 0 Å². The van der Waals surface area contributed by atoms with Gasteiger partial charge in [-0.25, -0.2) is 4.79 Å². The highest BCUT2D eigenvalue weighted by Crippen LogP contribution is 2.28. The largest absolute Gasteiger partial charge is 0.490 e. The SMILES string of the molecule is CC(C)NC(=O)N(C)C[C@@H]1OCCCC[C@@H](C)Oc2ccc(NC(=O)CCCN(C)C)cc2C(=O)N([C@H](C)CO)C[C@@H]1C. The standard InChI is InChI=1S/C32H55N5O6/c1-22(2)33-32(41)36(8)20-29-23(3)19-37(24(4)21-38)31(40)27-18-26(34-30(39)13-11-16-35(6)7)14-15-28(27)43-25(5)12-9-10-17-42-29/h14-15,18,22-25,29,38H,9-13,16-17,19-21H2,1-8H3,(H,33,41)(H,34,39)/t23-,24+,25+,29-/m0/s1. The van der Waals surface area contributed by atoms with Gasteiger partial charge >= 0.3 is 6.03 Å². The van der Waals surface area contributed by atoms with Crippen LogP contribution in [-0.4, -0.2) is 116 Å². The van der Waals surface area contributed by atoms with E-state index in [1.807, 2.05) is 46.7 Å². The molecule has 0 unspecified atom stereocenters. The molecule has 1 heterocycles. The number of ether oxygens (including phenoxy) is 2. The minimum atomic E-state index is -0.486. The van der Waals surface area contributed by atoms with E-state index < -0.39 is 6.04 Å². The molecule has 0 saturated heterocycles. The van der Waals surface area contributed by atoms with E-state index in [0.717, 1.165) is 32.2 Å². The van der Waals surface area contributed by atoms with Gasteiger partial charge in [-0.1, -0.05) is 6.92 Å². The normalized spacial score (nSPS) is 21.0. The summed E-state index contributed by atoms with van der Waals surface area (Å²) in [6, 6.07) is 4.51. The molecule has 1 aromatic rings. The van der Waals surface area contributed by atoms with Crippen molar-refractivity contribution in [3.8, 4) is 5.75 Å². The monoisotopic (exact) mass is 605 g/mol.